The average molecular weight is 420 g/mol. The number of likely N-dealkylation sites (tertiary alicyclic amines) is 1. The third-order valence-corrected chi connectivity index (χ3v) is 7.97. The van der Waals surface area contributed by atoms with Crippen LogP contribution in [-0.2, 0) is 21.4 Å². The number of piperidine rings is 1. The molecule has 2 heterocycles. The number of hydrogen-bond acceptors (Lipinski definition) is 3. The molecule has 5 nitrogen and oxygen atoms in total. The SMILES string of the molecule is O=C1CCC2(CCN(S(=O)(=O)c3ccccc3F)CC2)N1Cc1ccc(F)cc1. The lowest BCUT2D eigenvalue weighted by Gasteiger charge is -2.44. The Balaban J connectivity index is 1.52. The zero-order valence-corrected chi connectivity index (χ0v) is 16.7. The second kappa shape index (κ2) is 7.50. The van der Waals surface area contributed by atoms with Gasteiger partial charge in [0.15, 0.2) is 0 Å². The molecule has 2 aliphatic heterocycles. The van der Waals surface area contributed by atoms with Gasteiger partial charge in [0.05, 0.1) is 0 Å². The Bertz CT molecular complexity index is 1020. The largest absolute Gasteiger partial charge is 0.333 e. The molecule has 154 valence electrons. The van der Waals surface area contributed by atoms with E-state index < -0.39 is 21.4 Å². The fraction of sp³-hybridized carbons (Fsp3) is 0.381. The summed E-state index contributed by atoms with van der Waals surface area (Å²) in [6.07, 6.45) is 2.07. The van der Waals surface area contributed by atoms with Gasteiger partial charge < -0.3 is 4.90 Å². The van der Waals surface area contributed by atoms with Crippen LogP contribution in [0.2, 0.25) is 0 Å². The number of hydrogen-bond donors (Lipinski definition) is 0. The minimum Gasteiger partial charge on any atom is -0.333 e. The van der Waals surface area contributed by atoms with E-state index in [4.69, 9.17) is 0 Å². The Labute approximate surface area is 169 Å². The average Bonchev–Trinajstić information content (AvgIpc) is 3.00. The lowest BCUT2D eigenvalue weighted by Crippen LogP contribution is -2.53. The molecule has 2 saturated heterocycles. The molecular weight excluding hydrogens is 398 g/mol. The number of nitrogens with zero attached hydrogens (tertiary/aromatic N) is 2. The molecule has 0 aliphatic carbocycles. The van der Waals surface area contributed by atoms with Gasteiger partial charge in [0, 0.05) is 31.6 Å². The van der Waals surface area contributed by atoms with Gasteiger partial charge in [-0.05, 0) is 49.1 Å². The first-order valence-corrected chi connectivity index (χ1v) is 11.1. The summed E-state index contributed by atoms with van der Waals surface area (Å²) in [5.41, 5.74) is 0.426. The van der Waals surface area contributed by atoms with Crippen molar-refractivity contribution in [1.82, 2.24) is 9.21 Å². The Morgan fingerprint density at radius 3 is 2.24 bits per heavy atom. The lowest BCUT2D eigenvalue weighted by atomic mass is 9.85. The number of rotatable bonds is 4. The van der Waals surface area contributed by atoms with Crippen LogP contribution in [-0.4, -0.2) is 42.2 Å². The summed E-state index contributed by atoms with van der Waals surface area (Å²) in [4.78, 5) is 14.0. The van der Waals surface area contributed by atoms with Gasteiger partial charge >= 0.3 is 0 Å². The van der Waals surface area contributed by atoms with E-state index in [0.717, 1.165) is 11.6 Å². The Kier molecular flexibility index (Phi) is 5.16. The first-order chi connectivity index (χ1) is 13.8. The molecule has 0 bridgehead atoms. The van der Waals surface area contributed by atoms with Crippen molar-refractivity contribution < 1.29 is 22.0 Å². The molecular formula is C21H22F2N2O3S. The van der Waals surface area contributed by atoms with E-state index in [1.54, 1.807) is 12.1 Å². The van der Waals surface area contributed by atoms with Crippen LogP contribution < -0.4 is 0 Å². The number of benzene rings is 2. The fourth-order valence-corrected chi connectivity index (χ4v) is 5.86. The molecule has 29 heavy (non-hydrogen) atoms. The molecule has 0 N–H and O–H groups in total. The number of carbonyl (C=O) groups excluding carboxylic acids is 1. The van der Waals surface area contributed by atoms with Crippen molar-refractivity contribution in [2.75, 3.05) is 13.1 Å². The van der Waals surface area contributed by atoms with Crippen LogP contribution in [0.25, 0.3) is 0 Å². The van der Waals surface area contributed by atoms with Crippen LogP contribution in [0.1, 0.15) is 31.2 Å². The molecule has 2 aromatic carbocycles. The van der Waals surface area contributed by atoms with Gasteiger partial charge in [0.1, 0.15) is 16.5 Å². The van der Waals surface area contributed by atoms with Crippen LogP contribution >= 0.6 is 0 Å². The summed E-state index contributed by atoms with van der Waals surface area (Å²) < 4.78 is 54.2. The highest BCUT2D eigenvalue weighted by atomic mass is 32.2. The zero-order chi connectivity index (χ0) is 20.6. The zero-order valence-electron chi connectivity index (χ0n) is 15.9. The van der Waals surface area contributed by atoms with Crippen molar-refractivity contribution in [3.63, 3.8) is 0 Å². The number of carbonyl (C=O) groups is 1. The Morgan fingerprint density at radius 1 is 0.931 bits per heavy atom. The van der Waals surface area contributed by atoms with Crippen molar-refractivity contribution in [1.29, 1.82) is 0 Å². The van der Waals surface area contributed by atoms with Gasteiger partial charge in [0.2, 0.25) is 15.9 Å². The van der Waals surface area contributed by atoms with E-state index in [9.17, 15) is 22.0 Å². The van der Waals surface area contributed by atoms with Crippen molar-refractivity contribution in [2.24, 2.45) is 0 Å². The highest BCUT2D eigenvalue weighted by Crippen LogP contribution is 2.41. The summed E-state index contributed by atoms with van der Waals surface area (Å²) in [7, 11) is -3.92. The van der Waals surface area contributed by atoms with Crippen LogP contribution in [0, 0.1) is 11.6 Å². The smallest absolute Gasteiger partial charge is 0.245 e. The predicted octanol–water partition coefficient (Wildman–Crippen LogP) is 3.31. The van der Waals surface area contributed by atoms with Crippen LogP contribution in [0.15, 0.2) is 53.4 Å². The van der Waals surface area contributed by atoms with Gasteiger partial charge in [0.25, 0.3) is 0 Å². The quantitative estimate of drug-likeness (QED) is 0.763. The highest BCUT2D eigenvalue weighted by Gasteiger charge is 2.48. The number of sulfonamides is 1. The van der Waals surface area contributed by atoms with Gasteiger partial charge in [-0.15, -0.1) is 0 Å². The topological polar surface area (TPSA) is 57.7 Å². The molecule has 0 aromatic heterocycles. The first-order valence-electron chi connectivity index (χ1n) is 9.61. The second-order valence-electron chi connectivity index (χ2n) is 7.67. The molecule has 2 aliphatic rings. The van der Waals surface area contributed by atoms with Crippen LogP contribution in [0.5, 0.6) is 0 Å². The molecule has 2 aromatic rings. The minimum atomic E-state index is -3.92. The molecule has 0 unspecified atom stereocenters. The maximum absolute atomic E-state index is 14.0. The summed E-state index contributed by atoms with van der Waals surface area (Å²) in [5.74, 6) is -1.07. The molecule has 0 radical (unpaired) electrons. The summed E-state index contributed by atoms with van der Waals surface area (Å²) in [5, 5.41) is 0. The third kappa shape index (κ3) is 3.67. The summed E-state index contributed by atoms with van der Waals surface area (Å²) in [6, 6.07) is 11.4. The fourth-order valence-electron chi connectivity index (χ4n) is 4.36. The molecule has 0 saturated carbocycles. The maximum atomic E-state index is 14.0. The molecule has 0 atom stereocenters. The van der Waals surface area contributed by atoms with Crippen LogP contribution in [0.4, 0.5) is 8.78 Å². The van der Waals surface area contributed by atoms with E-state index >= 15 is 0 Å². The Morgan fingerprint density at radius 2 is 1.59 bits per heavy atom. The molecule has 1 spiro atoms. The molecule has 1 amide bonds. The number of amides is 1. The van der Waals surface area contributed by atoms with E-state index in [0.29, 0.717) is 32.2 Å². The maximum Gasteiger partial charge on any atom is 0.245 e. The van der Waals surface area contributed by atoms with Crippen molar-refractivity contribution in [3.05, 3.63) is 65.7 Å². The van der Waals surface area contributed by atoms with Gasteiger partial charge in [-0.25, -0.2) is 17.2 Å². The van der Waals surface area contributed by atoms with E-state index in [-0.39, 0.29) is 29.7 Å². The van der Waals surface area contributed by atoms with E-state index in [2.05, 4.69) is 0 Å². The van der Waals surface area contributed by atoms with Crippen molar-refractivity contribution in [2.45, 2.75) is 42.7 Å². The first kappa shape index (κ1) is 20.0. The van der Waals surface area contributed by atoms with Gasteiger partial charge in [-0.1, -0.05) is 24.3 Å². The minimum absolute atomic E-state index is 0.0275. The Hall–Kier alpha value is -2.32. The third-order valence-electron chi connectivity index (χ3n) is 6.04. The van der Waals surface area contributed by atoms with E-state index in [1.807, 2.05) is 4.90 Å². The van der Waals surface area contributed by atoms with Crippen LogP contribution in [0.3, 0.4) is 0 Å². The monoisotopic (exact) mass is 420 g/mol. The summed E-state index contributed by atoms with van der Waals surface area (Å²) >= 11 is 0. The molecule has 4 rings (SSSR count). The second-order valence-corrected chi connectivity index (χ2v) is 9.57. The van der Waals surface area contributed by atoms with Crippen molar-refractivity contribution >= 4 is 15.9 Å². The highest BCUT2D eigenvalue weighted by molar-refractivity contribution is 7.89. The van der Waals surface area contributed by atoms with Gasteiger partial charge in [-0.3, -0.25) is 4.79 Å². The van der Waals surface area contributed by atoms with Gasteiger partial charge in [-0.2, -0.15) is 4.31 Å². The number of halogens is 2. The molecule has 2 fully saturated rings. The predicted molar refractivity (Wildman–Crippen MR) is 103 cm³/mol. The standard InChI is InChI=1S/C21H22F2N2O3S/c22-17-7-5-16(6-8-17)15-25-20(26)9-10-21(25)11-13-24(14-12-21)29(27,28)19-4-2-1-3-18(19)23/h1-8H,9-15H2. The van der Waals surface area contributed by atoms with Crippen molar-refractivity contribution in [3.8, 4) is 0 Å². The normalized spacial score (nSPS) is 19.8. The summed E-state index contributed by atoms with van der Waals surface area (Å²) in [6.45, 7) is 0.826. The molecule has 8 heteroatoms. The lowest BCUT2D eigenvalue weighted by molar-refractivity contribution is -0.133. The van der Waals surface area contributed by atoms with E-state index in [1.165, 1.54) is 34.6 Å².